The molecule has 8 aromatic carbocycles. The maximum Gasteiger partial charge on any atom is 0.0255 e. The SMILES string of the molecule is C1#Cc2cccc(c2)-c2cccc(c2)C#Cc2cccc(c2)-c2cccc1c2.C1#Cc2cccc(c2)-c2cccc(c2)C#Cc2cccc(c2)-c2cccc1c2. The lowest BCUT2D eigenvalue weighted by atomic mass is 9.99. The minimum atomic E-state index is 1.01. The summed E-state index contributed by atoms with van der Waals surface area (Å²) in [6.07, 6.45) is 0. The van der Waals surface area contributed by atoms with E-state index in [2.05, 4.69) is 241 Å². The van der Waals surface area contributed by atoms with Gasteiger partial charge in [0, 0.05) is 44.5 Å². The first-order valence-corrected chi connectivity index (χ1v) is 18.6. The van der Waals surface area contributed by atoms with Crippen LogP contribution in [0.5, 0.6) is 0 Å². The molecule has 56 heavy (non-hydrogen) atoms. The maximum absolute atomic E-state index is 3.31. The third-order valence-electron chi connectivity index (χ3n) is 9.64. The summed E-state index contributed by atoms with van der Waals surface area (Å²) in [5, 5.41) is 0. The van der Waals surface area contributed by atoms with E-state index in [1.54, 1.807) is 0 Å². The molecular weight excluding hydrogens is 673 g/mol. The van der Waals surface area contributed by atoms with Crippen LogP contribution in [0.2, 0.25) is 0 Å². The fraction of sp³-hybridized carbons (Fsp3) is 0. The van der Waals surface area contributed by atoms with Crippen molar-refractivity contribution in [2.24, 2.45) is 0 Å². The van der Waals surface area contributed by atoms with Crippen LogP contribution in [-0.4, -0.2) is 0 Å². The summed E-state index contributed by atoms with van der Waals surface area (Å²) < 4.78 is 0. The molecule has 16 bridgehead atoms. The summed E-state index contributed by atoms with van der Waals surface area (Å²) in [6.45, 7) is 0. The summed E-state index contributed by atoms with van der Waals surface area (Å²) in [6, 6.07) is 66.9. The summed E-state index contributed by atoms with van der Waals surface area (Å²) in [4.78, 5) is 0. The van der Waals surface area contributed by atoms with Crippen molar-refractivity contribution in [1.82, 2.24) is 0 Å². The summed E-state index contributed by atoms with van der Waals surface area (Å²) in [5.74, 6) is 26.5. The van der Waals surface area contributed by atoms with E-state index < -0.39 is 0 Å². The number of hydrogen-bond donors (Lipinski definition) is 0. The molecule has 256 valence electrons. The van der Waals surface area contributed by atoms with E-state index >= 15 is 0 Å². The van der Waals surface area contributed by atoms with Crippen LogP contribution < -0.4 is 0 Å². The van der Waals surface area contributed by atoms with Gasteiger partial charge in [-0.05, 0) is 142 Å². The van der Waals surface area contributed by atoms with Crippen molar-refractivity contribution in [2.75, 3.05) is 0 Å². The Labute approximate surface area is 329 Å². The van der Waals surface area contributed by atoms with Gasteiger partial charge in [-0.3, -0.25) is 0 Å². The van der Waals surface area contributed by atoms with Gasteiger partial charge >= 0.3 is 0 Å². The molecule has 0 nitrogen and oxygen atoms in total. The van der Waals surface area contributed by atoms with E-state index in [9.17, 15) is 0 Å². The quantitative estimate of drug-likeness (QED) is 0.138. The zero-order valence-electron chi connectivity index (χ0n) is 30.5. The highest BCUT2D eigenvalue weighted by molar-refractivity contribution is 5.72. The van der Waals surface area contributed by atoms with Gasteiger partial charge < -0.3 is 0 Å². The van der Waals surface area contributed by atoms with Gasteiger partial charge in [0.25, 0.3) is 0 Å². The molecule has 0 fully saturated rings. The van der Waals surface area contributed by atoms with Crippen LogP contribution in [0.15, 0.2) is 194 Å². The van der Waals surface area contributed by atoms with Crippen LogP contribution in [-0.2, 0) is 0 Å². The first kappa shape index (κ1) is 33.8. The Morgan fingerprint density at radius 2 is 0.286 bits per heavy atom. The van der Waals surface area contributed by atoms with E-state index in [-0.39, 0.29) is 0 Å². The Kier molecular flexibility index (Phi) is 9.38. The predicted molar refractivity (Wildman–Crippen MR) is 231 cm³/mol. The largest absolute Gasteiger partial charge is 0.0616 e. The molecule has 0 N–H and O–H groups in total. The Bertz CT molecular complexity index is 2440. The van der Waals surface area contributed by atoms with Crippen LogP contribution in [0.1, 0.15) is 44.5 Å². The molecule has 0 saturated carbocycles. The van der Waals surface area contributed by atoms with Crippen molar-refractivity contribution in [3.8, 4) is 91.9 Å². The van der Waals surface area contributed by atoms with E-state index in [0.29, 0.717) is 0 Å². The smallest absolute Gasteiger partial charge is 0.0255 e. The van der Waals surface area contributed by atoms with Gasteiger partial charge in [-0.15, -0.1) is 0 Å². The Morgan fingerprint density at radius 3 is 0.411 bits per heavy atom. The second-order valence-corrected chi connectivity index (χ2v) is 13.6. The Balaban J connectivity index is 0.000000146. The molecule has 2 aliphatic carbocycles. The van der Waals surface area contributed by atoms with Crippen molar-refractivity contribution >= 4 is 0 Å². The van der Waals surface area contributed by atoms with Crippen LogP contribution >= 0.6 is 0 Å². The van der Waals surface area contributed by atoms with Gasteiger partial charge in [0.15, 0.2) is 0 Å². The number of rotatable bonds is 0. The molecule has 8 aromatic rings. The standard InChI is InChI=1S/2C28H16/c2*1-5-21-13-14-22-7-3-11-27(19-22)28-12-4-8-24(20-28)16-15-23-6-2-10-26(18-23)25(9-1)17-21/h2*1-12,17-20H. The zero-order valence-corrected chi connectivity index (χ0v) is 30.5. The van der Waals surface area contributed by atoms with Gasteiger partial charge in [-0.25, -0.2) is 0 Å². The minimum Gasteiger partial charge on any atom is -0.0616 e. The number of fused-ring (bicyclic) bond motifs is 20. The van der Waals surface area contributed by atoms with E-state index in [0.717, 1.165) is 89.0 Å². The van der Waals surface area contributed by atoms with Crippen molar-refractivity contribution in [2.45, 2.75) is 0 Å². The fourth-order valence-electron chi connectivity index (χ4n) is 6.79. The minimum absolute atomic E-state index is 1.01. The second-order valence-electron chi connectivity index (χ2n) is 13.6. The van der Waals surface area contributed by atoms with E-state index in [1.807, 2.05) is 0 Å². The number of benzene rings is 8. The topological polar surface area (TPSA) is 0 Å². The molecule has 0 heteroatoms. The molecule has 0 heterocycles. The summed E-state index contributed by atoms with van der Waals surface area (Å²) >= 11 is 0. The fourth-order valence-corrected chi connectivity index (χ4v) is 6.79. The van der Waals surface area contributed by atoms with Gasteiger partial charge in [-0.2, -0.15) is 0 Å². The molecule has 0 spiro atoms. The van der Waals surface area contributed by atoms with Crippen molar-refractivity contribution < 1.29 is 0 Å². The Morgan fingerprint density at radius 1 is 0.161 bits per heavy atom. The lowest BCUT2D eigenvalue weighted by Gasteiger charge is -2.05. The molecule has 0 aromatic heterocycles. The third kappa shape index (κ3) is 7.99. The van der Waals surface area contributed by atoms with Gasteiger partial charge in [0.2, 0.25) is 0 Å². The van der Waals surface area contributed by atoms with Crippen molar-refractivity contribution in [3.05, 3.63) is 239 Å². The highest BCUT2D eigenvalue weighted by atomic mass is 14.1. The third-order valence-corrected chi connectivity index (χ3v) is 9.64. The zero-order chi connectivity index (χ0) is 37.5. The van der Waals surface area contributed by atoms with E-state index in [4.69, 9.17) is 0 Å². The molecule has 2 aliphatic rings. The van der Waals surface area contributed by atoms with Crippen LogP contribution in [0.25, 0.3) is 44.5 Å². The first-order valence-electron chi connectivity index (χ1n) is 18.6. The highest BCUT2D eigenvalue weighted by Crippen LogP contribution is 2.26. The molecule has 0 atom stereocenters. The van der Waals surface area contributed by atoms with Crippen LogP contribution in [0.3, 0.4) is 0 Å². The molecule has 0 radical (unpaired) electrons. The van der Waals surface area contributed by atoms with Gasteiger partial charge in [-0.1, -0.05) is 144 Å². The second kappa shape index (κ2) is 15.5. The predicted octanol–water partition coefficient (Wildman–Crippen LogP) is 12.3. The van der Waals surface area contributed by atoms with Crippen molar-refractivity contribution in [1.29, 1.82) is 0 Å². The van der Waals surface area contributed by atoms with E-state index in [1.165, 1.54) is 0 Å². The maximum atomic E-state index is 3.31. The van der Waals surface area contributed by atoms with Gasteiger partial charge in [0.05, 0.1) is 0 Å². The summed E-state index contributed by atoms with van der Waals surface area (Å²) in [5.41, 5.74) is 17.3. The molecular formula is C56H32. The molecule has 0 amide bonds. The summed E-state index contributed by atoms with van der Waals surface area (Å²) in [7, 11) is 0. The van der Waals surface area contributed by atoms with Gasteiger partial charge in [0.1, 0.15) is 0 Å². The molecule has 0 aliphatic heterocycles. The number of hydrogen-bond acceptors (Lipinski definition) is 0. The average molecular weight is 705 g/mol. The lowest BCUT2D eigenvalue weighted by molar-refractivity contribution is 1.55. The monoisotopic (exact) mass is 704 g/mol. The average Bonchev–Trinajstić information content (AvgIpc) is 3.27. The molecule has 0 unspecified atom stereocenters. The Hall–Kier alpha value is -8.00. The van der Waals surface area contributed by atoms with Crippen molar-refractivity contribution in [3.63, 3.8) is 0 Å². The molecule has 0 saturated heterocycles. The first-order chi connectivity index (χ1) is 27.7. The van der Waals surface area contributed by atoms with Crippen LogP contribution in [0, 0.1) is 47.4 Å². The highest BCUT2D eigenvalue weighted by Gasteiger charge is 2.04. The van der Waals surface area contributed by atoms with Crippen LogP contribution in [0.4, 0.5) is 0 Å². The normalized spacial score (nSPS) is 10.9. The molecule has 10 rings (SSSR count). The lowest BCUT2D eigenvalue weighted by Crippen LogP contribution is -1.85.